The maximum Gasteiger partial charge on any atom is 0.276 e. The van der Waals surface area contributed by atoms with E-state index < -0.39 is 7.59 Å². The molecule has 0 unspecified atom stereocenters. The highest BCUT2D eigenvalue weighted by Crippen LogP contribution is 2.30. The van der Waals surface area contributed by atoms with Crippen LogP contribution in [0, 0.1) is 0 Å². The number of hydrogen-bond acceptors (Lipinski definition) is 1. The van der Waals surface area contributed by atoms with E-state index in [0.717, 1.165) is 10.7 Å². The molecule has 0 aliphatic heterocycles. The molecule has 0 aliphatic rings. The summed E-state index contributed by atoms with van der Waals surface area (Å²) in [4.78, 5) is 0. The van der Waals surface area contributed by atoms with Gasteiger partial charge in [0.05, 0.1) is 0 Å². The van der Waals surface area contributed by atoms with E-state index in [0.29, 0.717) is 13.1 Å². The molecule has 4 nitrogen and oxygen atoms in total. The molecule has 4 N–H and O–H groups in total. The molecule has 0 fully saturated rings. The lowest BCUT2D eigenvalue weighted by atomic mass is 10.7. The number of rotatable bonds is 5. The van der Waals surface area contributed by atoms with Crippen molar-refractivity contribution in [2.24, 2.45) is 11.0 Å². The summed E-state index contributed by atoms with van der Waals surface area (Å²) in [6.07, 6.45) is 0. The van der Waals surface area contributed by atoms with Gasteiger partial charge in [0.1, 0.15) is 0 Å². The maximum atomic E-state index is 11.1. The van der Waals surface area contributed by atoms with Gasteiger partial charge in [0.25, 0.3) is 7.59 Å². The SMILES string of the molecule is NP(N)(=O)N(CCBr)CCBr. The van der Waals surface area contributed by atoms with E-state index in [9.17, 15) is 4.57 Å². The van der Waals surface area contributed by atoms with Gasteiger partial charge < -0.3 is 0 Å². The van der Waals surface area contributed by atoms with E-state index in [-0.39, 0.29) is 0 Å². The minimum atomic E-state index is -3.04. The number of nitrogens with two attached hydrogens (primary N) is 2. The Kier molecular flexibility index (Phi) is 6.22. The van der Waals surface area contributed by atoms with E-state index in [1.54, 1.807) is 4.67 Å². The fourth-order valence-corrected chi connectivity index (χ4v) is 2.85. The maximum absolute atomic E-state index is 11.1. The van der Waals surface area contributed by atoms with Crippen molar-refractivity contribution in [2.75, 3.05) is 23.7 Å². The number of halogens is 2. The zero-order chi connectivity index (χ0) is 8.91. The molecule has 0 bridgehead atoms. The van der Waals surface area contributed by atoms with Gasteiger partial charge in [0.15, 0.2) is 0 Å². The van der Waals surface area contributed by atoms with Crippen molar-refractivity contribution in [1.29, 1.82) is 0 Å². The average molecular weight is 309 g/mol. The third kappa shape index (κ3) is 5.33. The lowest BCUT2D eigenvalue weighted by molar-refractivity contribution is 0.450. The van der Waals surface area contributed by atoms with Gasteiger partial charge in [-0.25, -0.2) is 4.67 Å². The number of alkyl halides is 2. The first kappa shape index (κ1) is 12.1. The van der Waals surface area contributed by atoms with E-state index in [1.807, 2.05) is 0 Å². The normalized spacial score (nSPS) is 12.5. The second-order valence-electron chi connectivity index (χ2n) is 2.00. The Hall–Kier alpha value is 1.07. The molecule has 0 amide bonds. The summed E-state index contributed by atoms with van der Waals surface area (Å²) in [5, 5.41) is 1.44. The summed E-state index contributed by atoms with van der Waals surface area (Å²) in [6, 6.07) is 0. The highest BCUT2D eigenvalue weighted by Gasteiger charge is 2.18. The topological polar surface area (TPSA) is 72.3 Å². The molecule has 7 heteroatoms. The molecule has 0 spiro atoms. The summed E-state index contributed by atoms with van der Waals surface area (Å²) in [6.45, 7) is 1.21. The largest absolute Gasteiger partial charge is 0.276 e. The van der Waals surface area contributed by atoms with Crippen molar-refractivity contribution in [2.45, 2.75) is 0 Å². The van der Waals surface area contributed by atoms with Crippen LogP contribution in [0.1, 0.15) is 0 Å². The molecule has 0 atom stereocenters. The van der Waals surface area contributed by atoms with E-state index >= 15 is 0 Å². The molecule has 0 saturated heterocycles. The van der Waals surface area contributed by atoms with Crippen molar-refractivity contribution in [3.63, 3.8) is 0 Å². The molecule has 11 heavy (non-hydrogen) atoms. The Morgan fingerprint density at radius 3 is 1.73 bits per heavy atom. The molecule has 0 aliphatic carbocycles. The molecule has 68 valence electrons. The van der Waals surface area contributed by atoms with E-state index in [2.05, 4.69) is 31.9 Å². The fourth-order valence-electron chi connectivity index (χ4n) is 0.620. The van der Waals surface area contributed by atoms with Crippen LogP contribution < -0.4 is 11.0 Å². The zero-order valence-corrected chi connectivity index (χ0v) is 10.1. The van der Waals surface area contributed by atoms with Crippen LogP contribution in [0.25, 0.3) is 0 Å². The number of nitrogens with zero attached hydrogens (tertiary/aromatic N) is 1. The summed E-state index contributed by atoms with van der Waals surface area (Å²) in [7, 11) is -3.04. The van der Waals surface area contributed by atoms with Gasteiger partial charge in [0.2, 0.25) is 0 Å². The quantitative estimate of drug-likeness (QED) is 0.589. The van der Waals surface area contributed by atoms with Crippen LogP contribution in [0.5, 0.6) is 0 Å². The van der Waals surface area contributed by atoms with Crippen LogP contribution in [0.15, 0.2) is 0 Å². The van der Waals surface area contributed by atoms with E-state index in [4.69, 9.17) is 11.0 Å². The van der Waals surface area contributed by atoms with Crippen molar-refractivity contribution >= 4 is 39.5 Å². The summed E-state index contributed by atoms with van der Waals surface area (Å²) < 4.78 is 12.7. The first-order valence-electron chi connectivity index (χ1n) is 3.07. The smallest absolute Gasteiger partial charge is 0.271 e. The Balaban J connectivity index is 3.99. The van der Waals surface area contributed by atoms with Crippen LogP contribution >= 0.6 is 39.5 Å². The van der Waals surface area contributed by atoms with Crippen molar-refractivity contribution in [3.05, 3.63) is 0 Å². The first-order chi connectivity index (χ1) is 5.02. The average Bonchev–Trinajstić information content (AvgIpc) is 1.85. The molecule has 0 radical (unpaired) electrons. The van der Waals surface area contributed by atoms with Crippen LogP contribution in [0.4, 0.5) is 0 Å². The Labute approximate surface area is 83.5 Å². The van der Waals surface area contributed by atoms with Gasteiger partial charge in [-0.3, -0.25) is 15.6 Å². The molecule has 0 saturated carbocycles. The molecule has 0 aromatic rings. The van der Waals surface area contributed by atoms with Gasteiger partial charge in [0, 0.05) is 23.7 Å². The lowest BCUT2D eigenvalue weighted by Gasteiger charge is -2.23. The Morgan fingerprint density at radius 1 is 1.18 bits per heavy atom. The van der Waals surface area contributed by atoms with Crippen LogP contribution in [0.3, 0.4) is 0 Å². The van der Waals surface area contributed by atoms with Crippen molar-refractivity contribution in [3.8, 4) is 0 Å². The van der Waals surface area contributed by atoms with Gasteiger partial charge in [-0.2, -0.15) is 0 Å². The van der Waals surface area contributed by atoms with E-state index in [1.165, 1.54) is 0 Å². The third-order valence-corrected chi connectivity index (χ3v) is 3.12. The molecular weight excluding hydrogens is 297 g/mol. The van der Waals surface area contributed by atoms with Gasteiger partial charge in [-0.15, -0.1) is 0 Å². The predicted molar refractivity (Wildman–Crippen MR) is 55.1 cm³/mol. The van der Waals surface area contributed by atoms with Crippen molar-refractivity contribution < 1.29 is 4.57 Å². The van der Waals surface area contributed by atoms with Crippen LogP contribution in [0.2, 0.25) is 0 Å². The molecular formula is C4H12Br2N3OP. The number of hydrogen-bond donors (Lipinski definition) is 2. The summed E-state index contributed by atoms with van der Waals surface area (Å²) in [5.41, 5.74) is 10.5. The zero-order valence-electron chi connectivity index (χ0n) is 6.04. The van der Waals surface area contributed by atoms with Crippen LogP contribution in [-0.4, -0.2) is 28.4 Å². The standard InChI is InChI=1S/C4H12Br2N3OP/c5-1-3-9(4-2-6)11(7,8)10/h1-4H2,(H4,7,8,10). The minimum Gasteiger partial charge on any atom is -0.271 e. The monoisotopic (exact) mass is 307 g/mol. The first-order valence-corrected chi connectivity index (χ1v) is 7.11. The molecule has 0 rings (SSSR count). The Morgan fingerprint density at radius 2 is 1.55 bits per heavy atom. The Bertz CT molecular complexity index is 144. The second kappa shape index (κ2) is 5.67. The summed E-state index contributed by atoms with van der Waals surface area (Å²) in [5.74, 6) is 0. The van der Waals surface area contributed by atoms with Crippen molar-refractivity contribution in [1.82, 2.24) is 4.67 Å². The van der Waals surface area contributed by atoms with Gasteiger partial charge >= 0.3 is 0 Å². The fraction of sp³-hybridized carbons (Fsp3) is 1.00. The predicted octanol–water partition coefficient (Wildman–Crippen LogP) is 1.10. The highest BCUT2D eigenvalue weighted by molar-refractivity contribution is 9.09. The molecule has 0 aromatic carbocycles. The van der Waals surface area contributed by atoms with Crippen LogP contribution in [-0.2, 0) is 4.57 Å². The second-order valence-corrected chi connectivity index (χ2v) is 5.50. The van der Waals surface area contributed by atoms with Gasteiger partial charge in [-0.05, 0) is 0 Å². The highest BCUT2D eigenvalue weighted by atomic mass is 79.9. The van der Waals surface area contributed by atoms with Gasteiger partial charge in [-0.1, -0.05) is 31.9 Å². The third-order valence-electron chi connectivity index (χ3n) is 1.13. The summed E-state index contributed by atoms with van der Waals surface area (Å²) >= 11 is 6.45. The lowest BCUT2D eigenvalue weighted by Crippen LogP contribution is -2.31. The molecule has 0 aromatic heterocycles. The minimum absolute atomic E-state index is 0.607. The molecule has 0 heterocycles.